The number of nitro groups is 1. The molecule has 1 N–H and O–H groups in total. The Hall–Kier alpha value is -3.69. The van der Waals surface area contributed by atoms with Crippen LogP contribution in [0.5, 0.6) is 11.5 Å². The maximum absolute atomic E-state index is 13.3. The van der Waals surface area contributed by atoms with Crippen LogP contribution < -0.4 is 14.8 Å². The predicted octanol–water partition coefficient (Wildman–Crippen LogP) is 2.94. The quantitative estimate of drug-likeness (QED) is 0.417. The van der Waals surface area contributed by atoms with Gasteiger partial charge in [-0.3, -0.25) is 14.9 Å². The van der Waals surface area contributed by atoms with Crippen molar-refractivity contribution in [2.45, 2.75) is 6.92 Å². The highest BCUT2D eigenvalue weighted by molar-refractivity contribution is 5.96. The van der Waals surface area contributed by atoms with Gasteiger partial charge < -0.3 is 19.5 Å². The number of methoxy groups -OCH3 is 1. The topological polar surface area (TPSA) is 117 Å². The first kappa shape index (κ1) is 20.6. The van der Waals surface area contributed by atoms with Crippen LogP contribution in [0.25, 0.3) is 0 Å². The number of nitrogens with one attached hydrogen (secondary N) is 1. The molecule has 0 bridgehead atoms. The highest BCUT2D eigenvalue weighted by Gasteiger charge is 2.17. The third-order valence-corrected chi connectivity index (χ3v) is 3.46. The number of carbonyl (C=O) groups is 2. The molecule has 0 atom stereocenters. The summed E-state index contributed by atoms with van der Waals surface area (Å²) in [5.41, 5.74) is -0.640. The van der Waals surface area contributed by atoms with E-state index in [2.05, 4.69) is 5.32 Å². The van der Waals surface area contributed by atoms with E-state index < -0.39 is 34.9 Å². The van der Waals surface area contributed by atoms with Crippen LogP contribution in [-0.4, -0.2) is 37.1 Å². The zero-order valence-corrected chi connectivity index (χ0v) is 15.1. The van der Waals surface area contributed by atoms with Crippen LogP contribution in [0.2, 0.25) is 0 Å². The Morgan fingerprint density at radius 2 is 1.93 bits per heavy atom. The van der Waals surface area contributed by atoms with Gasteiger partial charge in [0.2, 0.25) is 5.82 Å². The zero-order valence-electron chi connectivity index (χ0n) is 15.1. The molecule has 0 aliphatic carbocycles. The van der Waals surface area contributed by atoms with Gasteiger partial charge in [-0.05, 0) is 37.3 Å². The summed E-state index contributed by atoms with van der Waals surface area (Å²) in [4.78, 5) is 33.8. The molecule has 0 spiro atoms. The maximum Gasteiger partial charge on any atom is 0.338 e. The van der Waals surface area contributed by atoms with Crippen molar-refractivity contribution < 1.29 is 33.1 Å². The van der Waals surface area contributed by atoms with E-state index in [-0.39, 0.29) is 11.3 Å². The lowest BCUT2D eigenvalue weighted by molar-refractivity contribution is -0.387. The molecule has 28 heavy (non-hydrogen) atoms. The molecule has 1 amide bonds. The molecular weight excluding hydrogens is 375 g/mol. The number of esters is 1. The molecular formula is C18H17FN2O7. The van der Waals surface area contributed by atoms with Crippen molar-refractivity contribution in [2.24, 2.45) is 0 Å². The summed E-state index contributed by atoms with van der Waals surface area (Å²) in [5.74, 6) is -1.76. The Balaban J connectivity index is 1.98. The van der Waals surface area contributed by atoms with E-state index in [1.54, 1.807) is 6.92 Å². The first-order valence-corrected chi connectivity index (χ1v) is 8.07. The number of ether oxygens (including phenoxy) is 3. The number of hydrogen-bond acceptors (Lipinski definition) is 7. The molecule has 148 valence electrons. The lowest BCUT2D eigenvalue weighted by Gasteiger charge is -2.11. The van der Waals surface area contributed by atoms with Gasteiger partial charge in [0.15, 0.2) is 18.1 Å². The molecule has 0 unspecified atom stereocenters. The minimum absolute atomic E-state index is 0.00288. The van der Waals surface area contributed by atoms with E-state index in [1.807, 2.05) is 0 Å². The number of rotatable bonds is 8. The normalized spacial score (nSPS) is 10.1. The number of hydrogen-bond donors (Lipinski definition) is 1. The monoisotopic (exact) mass is 392 g/mol. The summed E-state index contributed by atoms with van der Waals surface area (Å²) < 4.78 is 28.7. The van der Waals surface area contributed by atoms with Crippen molar-refractivity contribution in [1.29, 1.82) is 0 Å². The molecule has 0 saturated carbocycles. The van der Waals surface area contributed by atoms with Crippen molar-refractivity contribution in [3.63, 3.8) is 0 Å². The average Bonchev–Trinajstić information content (AvgIpc) is 2.67. The first-order valence-electron chi connectivity index (χ1n) is 8.07. The minimum Gasteiger partial charge on any atom is -0.493 e. The Morgan fingerprint density at radius 3 is 2.57 bits per heavy atom. The molecule has 0 saturated heterocycles. The summed E-state index contributed by atoms with van der Waals surface area (Å²) in [7, 11) is 1.42. The smallest absolute Gasteiger partial charge is 0.338 e. The summed E-state index contributed by atoms with van der Waals surface area (Å²) in [6.07, 6.45) is 0. The van der Waals surface area contributed by atoms with Crippen LogP contribution in [0.3, 0.4) is 0 Å². The fourth-order valence-electron chi connectivity index (χ4n) is 2.21. The number of nitrogens with zero attached hydrogens (tertiary/aromatic N) is 1. The maximum atomic E-state index is 13.3. The van der Waals surface area contributed by atoms with Gasteiger partial charge in [-0.15, -0.1) is 0 Å². The molecule has 9 nitrogen and oxygen atoms in total. The average molecular weight is 392 g/mol. The number of benzene rings is 2. The van der Waals surface area contributed by atoms with Crippen LogP contribution in [0.1, 0.15) is 17.3 Å². The second kappa shape index (κ2) is 9.31. The molecule has 0 heterocycles. The number of nitro benzene ring substituents is 1. The summed E-state index contributed by atoms with van der Waals surface area (Å²) in [6, 6.07) is 7.28. The van der Waals surface area contributed by atoms with Gasteiger partial charge in [0.05, 0.1) is 24.2 Å². The highest BCUT2D eigenvalue weighted by atomic mass is 19.1. The Labute approximate surface area is 159 Å². The molecule has 2 aromatic carbocycles. The molecule has 10 heteroatoms. The van der Waals surface area contributed by atoms with E-state index in [9.17, 15) is 24.1 Å². The van der Waals surface area contributed by atoms with Crippen LogP contribution in [-0.2, 0) is 9.53 Å². The van der Waals surface area contributed by atoms with Crippen molar-refractivity contribution >= 4 is 23.3 Å². The zero-order chi connectivity index (χ0) is 20.7. The Kier molecular flexibility index (Phi) is 6.85. The molecule has 0 radical (unpaired) electrons. The van der Waals surface area contributed by atoms with Gasteiger partial charge in [-0.2, -0.15) is 4.39 Å². The van der Waals surface area contributed by atoms with Gasteiger partial charge in [0.1, 0.15) is 0 Å². The van der Waals surface area contributed by atoms with E-state index in [0.717, 1.165) is 18.2 Å². The molecule has 0 aromatic heterocycles. The first-order chi connectivity index (χ1) is 13.3. The van der Waals surface area contributed by atoms with Crippen molar-refractivity contribution in [1.82, 2.24) is 0 Å². The summed E-state index contributed by atoms with van der Waals surface area (Å²) in [5, 5.41) is 13.0. The third-order valence-electron chi connectivity index (χ3n) is 3.46. The standard InChI is InChI=1S/C18H17FN2O7/c1-3-27-15-7-4-11(8-16(15)26-2)18(23)28-10-17(22)20-12-5-6-13(19)14(9-12)21(24)25/h4-9H,3,10H2,1-2H3,(H,20,22). The fraction of sp³-hybridized carbons (Fsp3) is 0.222. The highest BCUT2D eigenvalue weighted by Crippen LogP contribution is 2.28. The van der Waals surface area contributed by atoms with Crippen molar-refractivity contribution in [3.8, 4) is 11.5 Å². The predicted molar refractivity (Wildman–Crippen MR) is 96.1 cm³/mol. The van der Waals surface area contributed by atoms with Crippen LogP contribution in [0, 0.1) is 15.9 Å². The number of amides is 1. The van der Waals surface area contributed by atoms with E-state index in [4.69, 9.17) is 14.2 Å². The van der Waals surface area contributed by atoms with E-state index in [0.29, 0.717) is 18.1 Å². The second-order valence-electron chi connectivity index (χ2n) is 5.35. The molecule has 0 aliphatic rings. The van der Waals surface area contributed by atoms with E-state index in [1.165, 1.54) is 25.3 Å². The van der Waals surface area contributed by atoms with Gasteiger partial charge in [0.25, 0.3) is 5.91 Å². The Morgan fingerprint density at radius 1 is 1.18 bits per heavy atom. The summed E-state index contributed by atoms with van der Waals surface area (Å²) in [6.45, 7) is 1.58. The van der Waals surface area contributed by atoms with Crippen molar-refractivity contribution in [3.05, 3.63) is 57.9 Å². The van der Waals surface area contributed by atoms with Gasteiger partial charge in [0, 0.05) is 11.8 Å². The number of halogens is 1. The van der Waals surface area contributed by atoms with Crippen LogP contribution in [0.4, 0.5) is 15.8 Å². The number of carbonyl (C=O) groups excluding carboxylic acids is 2. The minimum atomic E-state index is -1.03. The van der Waals surface area contributed by atoms with Crippen LogP contribution >= 0.6 is 0 Å². The lowest BCUT2D eigenvalue weighted by atomic mass is 10.2. The van der Waals surface area contributed by atoms with E-state index >= 15 is 0 Å². The lowest BCUT2D eigenvalue weighted by Crippen LogP contribution is -2.21. The van der Waals surface area contributed by atoms with Gasteiger partial charge in [-0.25, -0.2) is 4.79 Å². The van der Waals surface area contributed by atoms with Crippen LogP contribution in [0.15, 0.2) is 36.4 Å². The second-order valence-corrected chi connectivity index (χ2v) is 5.35. The molecule has 2 rings (SSSR count). The SMILES string of the molecule is CCOc1ccc(C(=O)OCC(=O)Nc2ccc(F)c([N+](=O)[O-])c2)cc1OC. The van der Waals surface area contributed by atoms with Crippen molar-refractivity contribution in [2.75, 3.05) is 25.6 Å². The number of anilines is 1. The van der Waals surface area contributed by atoms with Gasteiger partial charge in [-0.1, -0.05) is 0 Å². The third kappa shape index (κ3) is 5.16. The fourth-order valence-corrected chi connectivity index (χ4v) is 2.21. The Bertz CT molecular complexity index is 901. The molecule has 0 fully saturated rings. The molecule has 0 aliphatic heterocycles. The van der Waals surface area contributed by atoms with Gasteiger partial charge >= 0.3 is 11.7 Å². The largest absolute Gasteiger partial charge is 0.493 e. The summed E-state index contributed by atoms with van der Waals surface area (Å²) >= 11 is 0. The molecule has 2 aromatic rings.